The van der Waals surface area contributed by atoms with E-state index in [-0.39, 0.29) is 5.91 Å². The molecule has 1 N–H and O–H groups in total. The molecule has 0 aliphatic carbocycles. The van der Waals surface area contributed by atoms with Crippen LogP contribution < -0.4 is 10.1 Å². The minimum atomic E-state index is -0.0757. The maximum Gasteiger partial charge on any atom is 0.263 e. The number of methoxy groups -OCH3 is 1. The number of thiazole rings is 1. The van der Waals surface area contributed by atoms with Crippen molar-refractivity contribution in [3.8, 4) is 22.1 Å². The minimum Gasteiger partial charge on any atom is -0.497 e. The van der Waals surface area contributed by atoms with Gasteiger partial charge in [0.2, 0.25) is 0 Å². The molecule has 1 aromatic carbocycles. The first-order valence-electron chi connectivity index (χ1n) is 9.39. The van der Waals surface area contributed by atoms with Gasteiger partial charge in [-0.05, 0) is 55.2 Å². The highest BCUT2D eigenvalue weighted by Gasteiger charge is 2.22. The van der Waals surface area contributed by atoms with Crippen molar-refractivity contribution in [2.75, 3.05) is 26.9 Å². The number of aromatic nitrogens is 2. The van der Waals surface area contributed by atoms with E-state index in [9.17, 15) is 4.79 Å². The molecular weight excluding hydrogens is 374 g/mol. The molecule has 146 valence electrons. The smallest absolute Gasteiger partial charge is 0.263 e. The summed E-state index contributed by atoms with van der Waals surface area (Å²) >= 11 is 1.40. The Morgan fingerprint density at radius 2 is 1.96 bits per heavy atom. The van der Waals surface area contributed by atoms with Crippen LogP contribution in [-0.4, -0.2) is 42.3 Å². The number of carbonyl (C=O) groups excluding carboxylic acids is 1. The van der Waals surface area contributed by atoms with Crippen LogP contribution >= 0.6 is 11.3 Å². The van der Waals surface area contributed by atoms with E-state index in [1.807, 2.05) is 53.4 Å². The van der Waals surface area contributed by atoms with Gasteiger partial charge >= 0.3 is 0 Å². The third-order valence-corrected chi connectivity index (χ3v) is 5.97. The topological polar surface area (TPSA) is 65.4 Å². The number of hydrogen-bond acceptors (Lipinski definition) is 5. The number of rotatable bonds is 6. The minimum absolute atomic E-state index is 0.0757. The summed E-state index contributed by atoms with van der Waals surface area (Å²) in [4.78, 5) is 18.4. The first-order chi connectivity index (χ1) is 13.7. The molecule has 3 aromatic rings. The Morgan fingerprint density at radius 1 is 1.25 bits per heavy atom. The zero-order chi connectivity index (χ0) is 19.3. The Bertz CT molecular complexity index is 913. The van der Waals surface area contributed by atoms with Gasteiger partial charge in [0.25, 0.3) is 5.91 Å². The molecule has 3 heterocycles. The summed E-state index contributed by atoms with van der Waals surface area (Å²) < 4.78 is 12.6. The molecule has 1 amide bonds. The lowest BCUT2D eigenvalue weighted by atomic mass is 10.0. The zero-order valence-electron chi connectivity index (χ0n) is 15.8. The molecule has 7 heteroatoms. The molecule has 28 heavy (non-hydrogen) atoms. The van der Waals surface area contributed by atoms with Crippen molar-refractivity contribution in [3.63, 3.8) is 0 Å². The maximum atomic E-state index is 13.0. The average Bonchev–Trinajstić information content (AvgIpc) is 3.43. The van der Waals surface area contributed by atoms with E-state index >= 15 is 0 Å². The van der Waals surface area contributed by atoms with Crippen LogP contribution in [0.15, 0.2) is 48.8 Å². The monoisotopic (exact) mass is 397 g/mol. The molecule has 0 saturated carbocycles. The standard InChI is InChI=1S/C21H23N3O3S/c1-26-17-6-4-16(5-7-17)18-19(28-21(23-18)24-10-2-3-11-24)20(25)22-14-15-8-12-27-13-9-15/h2-7,10-11,15H,8-9,12-14H2,1H3,(H,22,25). The van der Waals surface area contributed by atoms with E-state index in [1.165, 1.54) is 11.3 Å². The molecule has 1 aliphatic rings. The predicted molar refractivity (Wildman–Crippen MR) is 109 cm³/mol. The predicted octanol–water partition coefficient (Wildman–Crippen LogP) is 3.77. The largest absolute Gasteiger partial charge is 0.497 e. The van der Waals surface area contributed by atoms with Crippen molar-refractivity contribution in [2.24, 2.45) is 5.92 Å². The van der Waals surface area contributed by atoms with Crippen LogP contribution in [0.4, 0.5) is 0 Å². The highest BCUT2D eigenvalue weighted by molar-refractivity contribution is 7.16. The lowest BCUT2D eigenvalue weighted by Gasteiger charge is -2.22. The number of carbonyl (C=O) groups is 1. The van der Waals surface area contributed by atoms with Crippen LogP contribution in [0.25, 0.3) is 16.4 Å². The second kappa shape index (κ2) is 8.58. The summed E-state index contributed by atoms with van der Waals surface area (Å²) in [6.07, 6.45) is 5.84. The molecule has 1 aliphatic heterocycles. The van der Waals surface area contributed by atoms with Gasteiger partial charge in [-0.15, -0.1) is 0 Å². The zero-order valence-corrected chi connectivity index (χ0v) is 16.6. The summed E-state index contributed by atoms with van der Waals surface area (Å²) in [6, 6.07) is 11.5. The number of amides is 1. The fraction of sp³-hybridized carbons (Fsp3) is 0.333. The normalized spacial score (nSPS) is 14.8. The van der Waals surface area contributed by atoms with Gasteiger partial charge in [-0.2, -0.15) is 0 Å². The van der Waals surface area contributed by atoms with Crippen molar-refractivity contribution in [1.82, 2.24) is 14.9 Å². The van der Waals surface area contributed by atoms with Gasteiger partial charge in [-0.3, -0.25) is 4.79 Å². The number of hydrogen-bond donors (Lipinski definition) is 1. The quantitative estimate of drug-likeness (QED) is 0.688. The van der Waals surface area contributed by atoms with Crippen molar-refractivity contribution in [2.45, 2.75) is 12.8 Å². The van der Waals surface area contributed by atoms with Crippen molar-refractivity contribution in [1.29, 1.82) is 0 Å². The van der Waals surface area contributed by atoms with Crippen LogP contribution in [0.1, 0.15) is 22.5 Å². The molecule has 0 radical (unpaired) electrons. The van der Waals surface area contributed by atoms with Gasteiger partial charge in [0.1, 0.15) is 10.6 Å². The second-order valence-corrected chi connectivity index (χ2v) is 7.74. The molecule has 6 nitrogen and oxygen atoms in total. The van der Waals surface area contributed by atoms with Crippen LogP contribution in [-0.2, 0) is 4.74 Å². The number of nitrogens with zero attached hydrogens (tertiary/aromatic N) is 2. The molecule has 0 atom stereocenters. The molecular formula is C21H23N3O3S. The van der Waals surface area contributed by atoms with Crippen molar-refractivity contribution < 1.29 is 14.3 Å². The van der Waals surface area contributed by atoms with E-state index in [4.69, 9.17) is 14.5 Å². The Hall–Kier alpha value is -2.64. The van der Waals surface area contributed by atoms with E-state index < -0.39 is 0 Å². The van der Waals surface area contributed by atoms with E-state index in [1.54, 1.807) is 7.11 Å². The molecule has 0 bridgehead atoms. The number of ether oxygens (including phenoxy) is 2. The first-order valence-corrected chi connectivity index (χ1v) is 10.2. The van der Waals surface area contributed by atoms with Crippen molar-refractivity contribution in [3.05, 3.63) is 53.7 Å². The summed E-state index contributed by atoms with van der Waals surface area (Å²) in [5.74, 6) is 1.17. The molecule has 4 rings (SSSR count). The van der Waals surface area contributed by atoms with Crippen LogP contribution in [0.3, 0.4) is 0 Å². The van der Waals surface area contributed by atoms with Gasteiger partial charge in [0.05, 0.1) is 12.8 Å². The van der Waals surface area contributed by atoms with E-state index in [2.05, 4.69) is 5.32 Å². The van der Waals surface area contributed by atoms with E-state index in [0.717, 1.165) is 42.5 Å². The van der Waals surface area contributed by atoms with Gasteiger partial charge in [-0.25, -0.2) is 4.98 Å². The highest BCUT2D eigenvalue weighted by atomic mass is 32.1. The second-order valence-electron chi connectivity index (χ2n) is 6.76. The molecule has 0 spiro atoms. The molecule has 2 aromatic heterocycles. The van der Waals surface area contributed by atoms with Crippen LogP contribution in [0.2, 0.25) is 0 Å². The summed E-state index contributed by atoms with van der Waals surface area (Å²) in [7, 11) is 1.64. The Kier molecular flexibility index (Phi) is 5.73. The summed E-state index contributed by atoms with van der Waals surface area (Å²) in [5, 5.41) is 3.87. The van der Waals surface area contributed by atoms with Gasteiger partial charge in [0.15, 0.2) is 5.13 Å². The lowest BCUT2D eigenvalue weighted by molar-refractivity contribution is 0.0643. The van der Waals surface area contributed by atoms with Crippen LogP contribution in [0, 0.1) is 5.92 Å². The van der Waals surface area contributed by atoms with Gasteiger partial charge in [-0.1, -0.05) is 11.3 Å². The molecule has 1 fully saturated rings. The lowest BCUT2D eigenvalue weighted by Crippen LogP contribution is -2.32. The Balaban J connectivity index is 1.60. The summed E-state index contributed by atoms with van der Waals surface area (Å²) in [5.41, 5.74) is 1.59. The third kappa shape index (κ3) is 4.10. The molecule has 0 unspecified atom stereocenters. The Morgan fingerprint density at radius 3 is 2.64 bits per heavy atom. The fourth-order valence-electron chi connectivity index (χ4n) is 3.25. The molecule has 1 saturated heterocycles. The SMILES string of the molecule is COc1ccc(-c2nc(-n3cccc3)sc2C(=O)NCC2CCOCC2)cc1. The van der Waals surface area contributed by atoms with Crippen molar-refractivity contribution >= 4 is 17.2 Å². The highest BCUT2D eigenvalue weighted by Crippen LogP contribution is 2.31. The van der Waals surface area contributed by atoms with E-state index in [0.29, 0.717) is 23.0 Å². The van der Waals surface area contributed by atoms with Gasteiger partial charge in [0, 0.05) is 37.7 Å². The average molecular weight is 398 g/mol. The Labute approximate surface area is 168 Å². The summed E-state index contributed by atoms with van der Waals surface area (Å²) in [6.45, 7) is 2.22. The maximum absolute atomic E-state index is 13.0. The fourth-order valence-corrected chi connectivity index (χ4v) is 4.22. The van der Waals surface area contributed by atoms with Gasteiger partial charge < -0.3 is 19.4 Å². The number of nitrogens with one attached hydrogen (secondary N) is 1. The first kappa shape index (κ1) is 18.7. The van der Waals surface area contributed by atoms with Crippen LogP contribution in [0.5, 0.6) is 5.75 Å². The number of benzene rings is 1. The third-order valence-electron chi connectivity index (χ3n) is 4.90.